The quantitative estimate of drug-likeness (QED) is 0.749. The second kappa shape index (κ2) is 6.47. The van der Waals surface area contributed by atoms with Crippen LogP contribution in [0.3, 0.4) is 0 Å². The summed E-state index contributed by atoms with van der Waals surface area (Å²) in [7, 11) is -1.57. The molecule has 1 aromatic rings. The number of hydrogen-bond donors (Lipinski definition) is 0. The Balaban J connectivity index is 2.62. The summed E-state index contributed by atoms with van der Waals surface area (Å²) in [4.78, 5) is 3.90. The number of sulfonamides is 1. The predicted molar refractivity (Wildman–Crippen MR) is 72.7 cm³/mol. The van der Waals surface area contributed by atoms with Crippen LogP contribution in [0.2, 0.25) is 0 Å². The molecule has 1 atom stereocenters. The molecule has 0 saturated carbocycles. The second-order valence-corrected chi connectivity index (χ2v) is 6.74. The molecule has 0 radical (unpaired) electrons. The number of aromatic nitrogens is 1. The molecular weight excluding hydrogens is 304 g/mol. The molecule has 0 saturated heterocycles. The van der Waals surface area contributed by atoms with Crippen molar-refractivity contribution >= 4 is 26.0 Å². The lowest BCUT2D eigenvalue weighted by Gasteiger charge is -2.22. The van der Waals surface area contributed by atoms with Gasteiger partial charge in [-0.15, -0.1) is 0 Å². The molecule has 0 aliphatic heterocycles. The lowest BCUT2D eigenvalue weighted by molar-refractivity contribution is 0.416. The highest BCUT2D eigenvalue weighted by Gasteiger charge is 2.21. The van der Waals surface area contributed by atoms with Crippen LogP contribution in [0.25, 0.3) is 0 Å². The first-order valence-electron chi connectivity index (χ1n) is 5.38. The molecule has 0 fully saturated rings. The highest BCUT2D eigenvalue weighted by atomic mass is 79.9. The Labute approximate surface area is 111 Å². The van der Waals surface area contributed by atoms with Gasteiger partial charge in [-0.1, -0.05) is 15.9 Å². The van der Waals surface area contributed by atoms with Crippen molar-refractivity contribution < 1.29 is 8.42 Å². The van der Waals surface area contributed by atoms with Gasteiger partial charge in [-0.25, -0.2) is 12.7 Å². The lowest BCUT2D eigenvalue weighted by atomic mass is 10.2. The molecule has 0 spiro atoms. The van der Waals surface area contributed by atoms with Crippen molar-refractivity contribution in [3.8, 4) is 0 Å². The minimum atomic E-state index is -3.19. The smallest absolute Gasteiger partial charge is 0.214 e. The molecule has 6 heteroatoms. The molecule has 0 N–H and O–H groups in total. The Bertz CT molecular complexity index is 436. The zero-order chi connectivity index (χ0) is 12.9. The molecule has 1 rings (SSSR count). The van der Waals surface area contributed by atoms with Crippen molar-refractivity contribution in [2.24, 2.45) is 0 Å². The molecule has 0 aromatic carbocycles. The van der Waals surface area contributed by atoms with E-state index in [1.807, 2.05) is 19.1 Å². The van der Waals surface area contributed by atoms with E-state index in [9.17, 15) is 8.42 Å². The summed E-state index contributed by atoms with van der Waals surface area (Å²) in [6.07, 6.45) is 3.86. The van der Waals surface area contributed by atoms with E-state index in [2.05, 4.69) is 20.9 Å². The molecular formula is C11H17BrN2O2S. The first-order valence-corrected chi connectivity index (χ1v) is 8.11. The number of aryl methyl sites for hydroxylation is 1. The average Bonchev–Trinajstić information content (AvgIpc) is 2.36. The maximum Gasteiger partial charge on any atom is 0.214 e. The minimum Gasteiger partial charge on any atom is -0.265 e. The van der Waals surface area contributed by atoms with E-state index in [1.165, 1.54) is 4.31 Å². The SMILES string of the molecule is CC(CBr)N(C)S(=O)(=O)CCc1ccncc1. The van der Waals surface area contributed by atoms with Gasteiger partial charge in [-0.05, 0) is 31.0 Å². The number of pyridine rings is 1. The van der Waals surface area contributed by atoms with Gasteiger partial charge in [0.25, 0.3) is 0 Å². The second-order valence-electron chi connectivity index (χ2n) is 3.94. The molecule has 0 amide bonds. The third-order valence-electron chi connectivity index (χ3n) is 2.68. The van der Waals surface area contributed by atoms with Crippen molar-refractivity contribution in [2.45, 2.75) is 19.4 Å². The van der Waals surface area contributed by atoms with Crippen molar-refractivity contribution in [1.29, 1.82) is 0 Å². The molecule has 0 aliphatic carbocycles. The Hall–Kier alpha value is -0.460. The average molecular weight is 321 g/mol. The molecule has 1 unspecified atom stereocenters. The van der Waals surface area contributed by atoms with Crippen LogP contribution in [0.4, 0.5) is 0 Å². The lowest BCUT2D eigenvalue weighted by Crippen LogP contribution is -2.38. The third-order valence-corrected chi connectivity index (χ3v) is 5.58. The fraction of sp³-hybridized carbons (Fsp3) is 0.545. The van der Waals surface area contributed by atoms with Gasteiger partial charge in [-0.3, -0.25) is 4.98 Å². The van der Waals surface area contributed by atoms with Crippen LogP contribution >= 0.6 is 15.9 Å². The Morgan fingerprint density at radius 1 is 1.41 bits per heavy atom. The van der Waals surface area contributed by atoms with Crippen molar-refractivity contribution in [3.05, 3.63) is 30.1 Å². The number of halogens is 1. The number of nitrogens with zero attached hydrogens (tertiary/aromatic N) is 2. The Morgan fingerprint density at radius 3 is 2.53 bits per heavy atom. The van der Waals surface area contributed by atoms with Crippen molar-refractivity contribution in [2.75, 3.05) is 18.1 Å². The van der Waals surface area contributed by atoms with Gasteiger partial charge in [0, 0.05) is 30.8 Å². The van der Waals surface area contributed by atoms with Crippen LogP contribution in [-0.2, 0) is 16.4 Å². The summed E-state index contributed by atoms with van der Waals surface area (Å²) in [5.41, 5.74) is 0.989. The van der Waals surface area contributed by atoms with Crippen LogP contribution in [0, 0.1) is 0 Å². The van der Waals surface area contributed by atoms with Gasteiger partial charge < -0.3 is 0 Å². The molecule has 1 heterocycles. The summed E-state index contributed by atoms with van der Waals surface area (Å²) in [6.45, 7) is 1.87. The van der Waals surface area contributed by atoms with Crippen LogP contribution in [0.1, 0.15) is 12.5 Å². The summed E-state index contributed by atoms with van der Waals surface area (Å²) < 4.78 is 25.4. The van der Waals surface area contributed by atoms with Crippen LogP contribution in [0.5, 0.6) is 0 Å². The number of hydrogen-bond acceptors (Lipinski definition) is 3. The maximum absolute atomic E-state index is 12.0. The number of rotatable bonds is 6. The fourth-order valence-electron chi connectivity index (χ4n) is 1.31. The van der Waals surface area contributed by atoms with E-state index in [4.69, 9.17) is 0 Å². The minimum absolute atomic E-state index is 0.0301. The molecule has 96 valence electrons. The normalized spacial score (nSPS) is 13.9. The van der Waals surface area contributed by atoms with Gasteiger partial charge in [0.2, 0.25) is 10.0 Å². The first kappa shape index (κ1) is 14.6. The van der Waals surface area contributed by atoms with Crippen molar-refractivity contribution in [3.63, 3.8) is 0 Å². The molecule has 4 nitrogen and oxygen atoms in total. The van der Waals surface area contributed by atoms with Crippen LogP contribution in [-0.4, -0.2) is 41.9 Å². The molecule has 17 heavy (non-hydrogen) atoms. The maximum atomic E-state index is 12.0. The standard InChI is InChI=1S/C11H17BrN2O2S/c1-10(9-12)14(2)17(15,16)8-5-11-3-6-13-7-4-11/h3-4,6-7,10H,5,8-9H2,1-2H3. The first-order chi connectivity index (χ1) is 7.97. The molecule has 0 aliphatic rings. The largest absolute Gasteiger partial charge is 0.265 e. The van der Waals surface area contributed by atoms with E-state index in [0.29, 0.717) is 11.8 Å². The highest BCUT2D eigenvalue weighted by molar-refractivity contribution is 9.09. The Kier molecular flexibility index (Phi) is 5.55. The van der Waals surface area contributed by atoms with E-state index >= 15 is 0 Å². The summed E-state index contributed by atoms with van der Waals surface area (Å²) in [5.74, 6) is 0.130. The predicted octanol–water partition coefficient (Wildman–Crippen LogP) is 1.67. The van der Waals surface area contributed by atoms with Gasteiger partial charge in [0.15, 0.2) is 0 Å². The molecule has 0 bridgehead atoms. The van der Waals surface area contributed by atoms with Gasteiger partial charge >= 0.3 is 0 Å². The van der Waals surface area contributed by atoms with Gasteiger partial charge in [-0.2, -0.15) is 0 Å². The summed E-state index contributed by atoms with van der Waals surface area (Å²) in [6, 6.07) is 3.64. The number of alkyl halides is 1. The monoisotopic (exact) mass is 320 g/mol. The van der Waals surface area contributed by atoms with Gasteiger partial charge in [0.05, 0.1) is 5.75 Å². The van der Waals surface area contributed by atoms with Crippen molar-refractivity contribution in [1.82, 2.24) is 9.29 Å². The van der Waals surface area contributed by atoms with E-state index in [1.54, 1.807) is 19.4 Å². The Morgan fingerprint density at radius 2 is 2.00 bits per heavy atom. The third kappa shape index (κ3) is 4.37. The summed E-state index contributed by atoms with van der Waals surface area (Å²) in [5, 5.41) is 0.637. The molecule has 1 aromatic heterocycles. The topological polar surface area (TPSA) is 50.3 Å². The van der Waals surface area contributed by atoms with E-state index in [0.717, 1.165) is 5.56 Å². The zero-order valence-corrected chi connectivity index (χ0v) is 12.4. The summed E-state index contributed by atoms with van der Waals surface area (Å²) >= 11 is 3.29. The van der Waals surface area contributed by atoms with E-state index in [-0.39, 0.29) is 11.8 Å². The van der Waals surface area contributed by atoms with Gasteiger partial charge in [0.1, 0.15) is 0 Å². The fourth-order valence-corrected chi connectivity index (χ4v) is 3.34. The zero-order valence-electron chi connectivity index (χ0n) is 10.0. The van der Waals surface area contributed by atoms with E-state index < -0.39 is 10.0 Å². The highest BCUT2D eigenvalue weighted by Crippen LogP contribution is 2.09. The van der Waals surface area contributed by atoms with Crippen LogP contribution < -0.4 is 0 Å². The van der Waals surface area contributed by atoms with Crippen LogP contribution in [0.15, 0.2) is 24.5 Å².